The number of alkyl halides is 3. The van der Waals surface area contributed by atoms with Crippen LogP contribution in [0.3, 0.4) is 0 Å². The molecule has 1 saturated carbocycles. The van der Waals surface area contributed by atoms with Gasteiger partial charge < -0.3 is 20.4 Å². The Hall–Kier alpha value is -1.75. The molecule has 44 heavy (non-hydrogen) atoms. The molecular weight excluding hydrogens is 602 g/mol. The summed E-state index contributed by atoms with van der Waals surface area (Å²) in [5.74, 6) is 2.03. The number of guanidine groups is 2. The van der Waals surface area contributed by atoms with Gasteiger partial charge in [0, 0.05) is 32.2 Å². The average Bonchev–Trinajstić information content (AvgIpc) is 3.47. The van der Waals surface area contributed by atoms with E-state index >= 15 is 0 Å². The molecule has 0 amide bonds. The molecule has 11 heteroatoms. The highest BCUT2D eigenvalue weighted by atomic mass is 32.1. The summed E-state index contributed by atoms with van der Waals surface area (Å²) < 4.78 is 39.4. The summed E-state index contributed by atoms with van der Waals surface area (Å²) in [6, 6.07) is 6.23. The minimum absolute atomic E-state index is 0. The molecule has 4 rings (SSSR count). The minimum atomic E-state index is -4.33. The Morgan fingerprint density at radius 1 is 0.909 bits per heavy atom. The van der Waals surface area contributed by atoms with Gasteiger partial charge in [-0.3, -0.25) is 10.4 Å². The smallest absolute Gasteiger partial charge is 0.370 e. The van der Waals surface area contributed by atoms with E-state index in [1.165, 1.54) is 82.8 Å². The van der Waals surface area contributed by atoms with Gasteiger partial charge in [0.05, 0.1) is 18.2 Å². The van der Waals surface area contributed by atoms with Crippen LogP contribution >= 0.6 is 27.0 Å². The Morgan fingerprint density at radius 3 is 2.36 bits per heavy atom. The maximum atomic E-state index is 13.1. The van der Waals surface area contributed by atoms with Gasteiger partial charge in [0.1, 0.15) is 0 Å². The van der Waals surface area contributed by atoms with Gasteiger partial charge in [-0.05, 0) is 56.1 Å². The van der Waals surface area contributed by atoms with E-state index in [1.54, 1.807) is 6.07 Å². The van der Waals surface area contributed by atoms with Crippen molar-refractivity contribution in [3.8, 4) is 0 Å². The molecule has 1 aromatic rings. The molecule has 0 radical (unpaired) electrons. The van der Waals surface area contributed by atoms with E-state index in [1.807, 2.05) is 0 Å². The molecule has 0 bridgehead atoms. The number of hydrogen-bond acceptors (Lipinski definition) is 4. The summed E-state index contributed by atoms with van der Waals surface area (Å²) in [7, 11) is 0. The van der Waals surface area contributed by atoms with Crippen molar-refractivity contribution < 1.29 is 13.2 Å². The quantitative estimate of drug-likeness (QED) is 0.181. The predicted molar refractivity (Wildman–Crippen MR) is 186 cm³/mol. The molecular formula is C33H57F3N6S2. The summed E-state index contributed by atoms with van der Waals surface area (Å²) in [6.45, 7) is 6.35. The number of halogens is 3. The van der Waals surface area contributed by atoms with Gasteiger partial charge in [0.15, 0.2) is 11.9 Å². The summed E-state index contributed by atoms with van der Waals surface area (Å²) in [5.41, 5.74) is 6.24. The van der Waals surface area contributed by atoms with Crippen molar-refractivity contribution >= 4 is 38.9 Å². The van der Waals surface area contributed by atoms with Crippen LogP contribution in [0.4, 0.5) is 13.2 Å². The Bertz CT molecular complexity index is 1020. The first-order valence-corrected chi connectivity index (χ1v) is 16.6. The van der Waals surface area contributed by atoms with Gasteiger partial charge >= 0.3 is 6.18 Å². The van der Waals surface area contributed by atoms with E-state index in [4.69, 9.17) is 11.1 Å². The van der Waals surface area contributed by atoms with Gasteiger partial charge in [0.2, 0.25) is 0 Å². The molecule has 252 valence electrons. The lowest BCUT2D eigenvalue weighted by molar-refractivity contribution is -0.137. The van der Waals surface area contributed by atoms with Crippen molar-refractivity contribution in [1.82, 2.24) is 14.7 Å². The van der Waals surface area contributed by atoms with Crippen LogP contribution in [0.2, 0.25) is 0 Å². The number of aliphatic imine (C=N–C) groups is 1. The van der Waals surface area contributed by atoms with E-state index in [0.29, 0.717) is 37.1 Å². The lowest BCUT2D eigenvalue weighted by Gasteiger charge is -2.30. The summed E-state index contributed by atoms with van der Waals surface area (Å²) in [4.78, 5) is 11.2. The van der Waals surface area contributed by atoms with Crippen LogP contribution in [0.5, 0.6) is 0 Å². The zero-order valence-electron chi connectivity index (χ0n) is 26.7. The Labute approximate surface area is 277 Å². The predicted octanol–water partition coefficient (Wildman–Crippen LogP) is 7.50. The van der Waals surface area contributed by atoms with E-state index in [9.17, 15) is 13.2 Å². The van der Waals surface area contributed by atoms with E-state index in [0.717, 1.165) is 56.8 Å². The molecule has 3 N–H and O–H groups in total. The first-order chi connectivity index (χ1) is 20.3. The van der Waals surface area contributed by atoms with Crippen molar-refractivity contribution in [3.05, 3.63) is 35.4 Å². The third-order valence-corrected chi connectivity index (χ3v) is 9.59. The van der Waals surface area contributed by atoms with E-state index < -0.39 is 11.7 Å². The fraction of sp³-hybridized carbons (Fsp3) is 0.758. The summed E-state index contributed by atoms with van der Waals surface area (Å²) in [6.07, 6.45) is 13.5. The Morgan fingerprint density at radius 2 is 1.64 bits per heavy atom. The molecule has 1 aliphatic carbocycles. The fourth-order valence-corrected chi connectivity index (χ4v) is 7.13. The van der Waals surface area contributed by atoms with Gasteiger partial charge in [-0.2, -0.15) is 40.2 Å². The standard InChI is InChI=1S/C33H53F3N6.2H2S/c1-2-3-4-5-10-20-42-30(23-26-13-7-6-8-14-26)25-40(32(42)38)19-11-9-17-29-24-39-31(37)41(29)21-18-27-15-12-16-28(22-27)33(34,35)36;;/h12,15-16,22,26,29-30,38H,2-11,13-14,17-21,23-25H2,1H3,(H2,37,39);2*1H2/t29-,30-;;/m0../s1. The van der Waals surface area contributed by atoms with Crippen molar-refractivity contribution in [3.63, 3.8) is 0 Å². The average molecular weight is 659 g/mol. The highest BCUT2D eigenvalue weighted by Crippen LogP contribution is 2.32. The molecule has 1 aromatic carbocycles. The summed E-state index contributed by atoms with van der Waals surface area (Å²) >= 11 is 0. The van der Waals surface area contributed by atoms with Gasteiger partial charge in [-0.15, -0.1) is 0 Å². The molecule has 2 atom stereocenters. The fourth-order valence-electron chi connectivity index (χ4n) is 7.13. The van der Waals surface area contributed by atoms with Crippen LogP contribution in [0.1, 0.15) is 108 Å². The molecule has 0 unspecified atom stereocenters. The third-order valence-electron chi connectivity index (χ3n) is 9.59. The molecule has 6 nitrogen and oxygen atoms in total. The number of nitrogens with zero attached hydrogens (tertiary/aromatic N) is 4. The topological polar surface area (TPSA) is 72.0 Å². The SMILES string of the molecule is CCCCCCCN1C(=N)N(CCCC[C@H]2CN=C(N)N2CCc2cccc(C(F)(F)F)c2)C[C@@H]1CC1CCCCC1.S.S. The molecule has 2 heterocycles. The van der Waals surface area contributed by atoms with Crippen LogP contribution in [0.25, 0.3) is 0 Å². The van der Waals surface area contributed by atoms with Gasteiger partial charge in [-0.1, -0.05) is 82.9 Å². The first kappa shape index (κ1) is 38.4. The minimum Gasteiger partial charge on any atom is -0.370 e. The molecule has 3 aliphatic rings. The molecule has 2 fully saturated rings. The Balaban J connectivity index is 0.00000337. The highest BCUT2D eigenvalue weighted by molar-refractivity contribution is 7.59. The zero-order valence-corrected chi connectivity index (χ0v) is 28.7. The molecule has 0 aromatic heterocycles. The van der Waals surface area contributed by atoms with Crippen LogP contribution < -0.4 is 5.73 Å². The molecule has 1 saturated heterocycles. The van der Waals surface area contributed by atoms with Crippen LogP contribution in [0, 0.1) is 11.3 Å². The molecule has 2 aliphatic heterocycles. The Kier molecular flexibility index (Phi) is 16.6. The van der Waals surface area contributed by atoms with Gasteiger partial charge in [-0.25, -0.2) is 0 Å². The maximum Gasteiger partial charge on any atom is 0.416 e. The number of nitrogens with two attached hydrogens (primary N) is 1. The number of hydrogen-bond donors (Lipinski definition) is 2. The van der Waals surface area contributed by atoms with Crippen LogP contribution in [-0.2, 0) is 12.6 Å². The lowest BCUT2D eigenvalue weighted by atomic mass is 9.84. The number of benzene rings is 1. The van der Waals surface area contributed by atoms with E-state index in [-0.39, 0.29) is 33.0 Å². The van der Waals surface area contributed by atoms with Crippen LogP contribution in [0.15, 0.2) is 29.3 Å². The van der Waals surface area contributed by atoms with Crippen LogP contribution in [-0.4, -0.2) is 71.4 Å². The second-order valence-corrected chi connectivity index (χ2v) is 12.8. The zero-order chi connectivity index (χ0) is 30.0. The normalized spacial score (nSPS) is 21.0. The lowest BCUT2D eigenvalue weighted by Crippen LogP contribution is -2.42. The monoisotopic (exact) mass is 658 g/mol. The second-order valence-electron chi connectivity index (χ2n) is 12.8. The van der Waals surface area contributed by atoms with Crippen molar-refractivity contribution in [2.45, 2.75) is 121 Å². The van der Waals surface area contributed by atoms with Crippen molar-refractivity contribution in [1.29, 1.82) is 5.41 Å². The first-order valence-electron chi connectivity index (χ1n) is 16.6. The number of unbranched alkanes of at least 4 members (excludes halogenated alkanes) is 5. The third kappa shape index (κ3) is 11.2. The molecule has 0 spiro atoms. The maximum absolute atomic E-state index is 13.1. The second kappa shape index (κ2) is 19.0. The highest BCUT2D eigenvalue weighted by Gasteiger charge is 2.35. The van der Waals surface area contributed by atoms with Crippen molar-refractivity contribution in [2.75, 3.05) is 32.7 Å². The number of rotatable bonds is 16. The number of nitrogens with one attached hydrogen (secondary N) is 1. The summed E-state index contributed by atoms with van der Waals surface area (Å²) in [5, 5.41) is 9.02. The van der Waals surface area contributed by atoms with Gasteiger partial charge in [0.25, 0.3) is 0 Å². The largest absolute Gasteiger partial charge is 0.416 e. The van der Waals surface area contributed by atoms with E-state index in [2.05, 4.69) is 26.6 Å². The van der Waals surface area contributed by atoms with Crippen molar-refractivity contribution in [2.24, 2.45) is 16.6 Å².